The van der Waals surface area contributed by atoms with Crippen LogP contribution in [0.15, 0.2) is 58.1 Å². The number of rotatable bonds is 9. The van der Waals surface area contributed by atoms with Gasteiger partial charge in [-0.1, -0.05) is 31.2 Å². The van der Waals surface area contributed by atoms with E-state index in [4.69, 9.17) is 15.2 Å². The molecule has 10 heteroatoms. The lowest BCUT2D eigenvalue weighted by Gasteiger charge is -2.14. The van der Waals surface area contributed by atoms with Crippen molar-refractivity contribution in [1.29, 1.82) is 0 Å². The molecule has 0 aliphatic rings. The summed E-state index contributed by atoms with van der Waals surface area (Å²) in [5.74, 6) is -2.12. The minimum atomic E-state index is -0.862. The normalized spacial score (nSPS) is 10.7. The highest BCUT2D eigenvalue weighted by atomic mass is 19.1. The van der Waals surface area contributed by atoms with Crippen LogP contribution in [0.4, 0.5) is 10.2 Å². The fourth-order valence-corrected chi connectivity index (χ4v) is 3.27. The molecule has 2 N–H and O–H groups in total. The summed E-state index contributed by atoms with van der Waals surface area (Å²) >= 11 is 0. The number of esters is 1. The van der Waals surface area contributed by atoms with E-state index < -0.39 is 35.2 Å². The van der Waals surface area contributed by atoms with E-state index in [0.29, 0.717) is 12.0 Å². The molecule has 0 fully saturated rings. The Morgan fingerprint density at radius 2 is 1.74 bits per heavy atom. The van der Waals surface area contributed by atoms with Gasteiger partial charge in [0.2, 0.25) is 5.78 Å². The van der Waals surface area contributed by atoms with E-state index in [1.807, 2.05) is 6.92 Å². The summed E-state index contributed by atoms with van der Waals surface area (Å²) in [5, 5.41) is 0. The average molecular weight is 469 g/mol. The van der Waals surface area contributed by atoms with Gasteiger partial charge in [0.1, 0.15) is 35.1 Å². The Balaban J connectivity index is 1.75. The molecule has 0 bridgehead atoms. The molecule has 2 aromatic carbocycles. The van der Waals surface area contributed by atoms with E-state index in [0.717, 1.165) is 9.13 Å². The molecule has 1 aromatic heterocycles. The van der Waals surface area contributed by atoms with Gasteiger partial charge in [0.05, 0.1) is 0 Å². The fraction of sp³-hybridized carbons (Fsp3) is 0.250. The third-order valence-electron chi connectivity index (χ3n) is 5.06. The third-order valence-corrected chi connectivity index (χ3v) is 5.06. The van der Waals surface area contributed by atoms with Crippen molar-refractivity contribution in [1.82, 2.24) is 9.13 Å². The monoisotopic (exact) mass is 469 g/mol. The molecule has 0 unspecified atom stereocenters. The molecule has 0 radical (unpaired) electrons. The number of ketones is 1. The van der Waals surface area contributed by atoms with Gasteiger partial charge in [-0.05, 0) is 36.2 Å². The number of carbonyl (C=O) groups is 2. The summed E-state index contributed by atoms with van der Waals surface area (Å²) in [6.07, 6.45) is 0.555. The Kier molecular flexibility index (Phi) is 7.62. The molecule has 0 amide bonds. The van der Waals surface area contributed by atoms with Crippen molar-refractivity contribution in [3.63, 3.8) is 0 Å². The van der Waals surface area contributed by atoms with Crippen LogP contribution in [0, 0.1) is 5.82 Å². The predicted octanol–water partition coefficient (Wildman–Crippen LogP) is 2.30. The van der Waals surface area contributed by atoms with Crippen LogP contribution in [0.2, 0.25) is 0 Å². The average Bonchev–Trinajstić information content (AvgIpc) is 2.84. The number of ether oxygens (including phenoxy) is 2. The number of nitrogens with zero attached hydrogens (tertiary/aromatic N) is 2. The number of anilines is 1. The predicted molar refractivity (Wildman–Crippen MR) is 122 cm³/mol. The van der Waals surface area contributed by atoms with Crippen LogP contribution in [0.1, 0.15) is 39.6 Å². The van der Waals surface area contributed by atoms with Crippen molar-refractivity contribution in [2.45, 2.75) is 26.5 Å². The molecule has 178 valence electrons. The topological polar surface area (TPSA) is 123 Å². The number of hydrogen-bond donors (Lipinski definition) is 1. The van der Waals surface area contributed by atoms with Crippen LogP contribution in [-0.2, 0) is 24.9 Å². The number of nitrogens with two attached hydrogens (primary N) is 1. The van der Waals surface area contributed by atoms with Crippen LogP contribution in [0.3, 0.4) is 0 Å². The molecule has 0 aliphatic carbocycles. The molecule has 0 saturated carbocycles. The maximum atomic E-state index is 13.1. The molecule has 0 atom stereocenters. The zero-order chi connectivity index (χ0) is 24.8. The van der Waals surface area contributed by atoms with E-state index in [-0.39, 0.29) is 36.1 Å². The quantitative estimate of drug-likeness (QED) is 0.377. The second-order valence-electron chi connectivity index (χ2n) is 7.47. The molecule has 3 rings (SSSR count). The number of benzene rings is 2. The minimum Gasteiger partial charge on any atom is -0.488 e. The Labute approximate surface area is 194 Å². The number of nitrogen functional groups attached to an aromatic ring is 1. The van der Waals surface area contributed by atoms with Crippen LogP contribution < -0.4 is 21.7 Å². The molecule has 9 nitrogen and oxygen atoms in total. The van der Waals surface area contributed by atoms with Crippen molar-refractivity contribution >= 4 is 17.6 Å². The first kappa shape index (κ1) is 24.4. The number of Topliss-reactive ketones (excluding diaryl/α,β-unsaturated/α-hetero) is 1. The molecule has 1 heterocycles. The van der Waals surface area contributed by atoms with E-state index in [9.17, 15) is 23.6 Å². The van der Waals surface area contributed by atoms with Gasteiger partial charge < -0.3 is 15.2 Å². The maximum absolute atomic E-state index is 13.1. The summed E-state index contributed by atoms with van der Waals surface area (Å²) in [5.41, 5.74) is 4.77. The van der Waals surface area contributed by atoms with Gasteiger partial charge in [-0.3, -0.25) is 18.7 Å². The smallest absolute Gasteiger partial charge is 0.342 e. The van der Waals surface area contributed by atoms with E-state index in [1.54, 1.807) is 30.3 Å². The van der Waals surface area contributed by atoms with Gasteiger partial charge in [0, 0.05) is 13.6 Å². The third kappa shape index (κ3) is 5.22. The largest absolute Gasteiger partial charge is 0.488 e. The van der Waals surface area contributed by atoms with E-state index in [1.165, 1.54) is 25.2 Å². The Bertz CT molecular complexity index is 1330. The molecule has 34 heavy (non-hydrogen) atoms. The lowest BCUT2D eigenvalue weighted by atomic mass is 10.2. The molecule has 0 spiro atoms. The molecule has 0 saturated heterocycles. The second kappa shape index (κ2) is 10.6. The van der Waals surface area contributed by atoms with Crippen molar-refractivity contribution in [3.05, 3.63) is 91.9 Å². The summed E-state index contributed by atoms with van der Waals surface area (Å²) in [6, 6.07) is 12.0. The molecule has 3 aromatic rings. The van der Waals surface area contributed by atoms with E-state index >= 15 is 0 Å². The standard InChI is InChI=1S/C24H24FN3O6/c1-3-12-28-21(26)20(22(30)27(2)24(28)32)18(29)14-34-23(31)17-6-4-5-7-19(17)33-13-15-8-10-16(25)11-9-15/h4-11H,3,12-14,26H2,1-2H3. The van der Waals surface area contributed by atoms with E-state index in [2.05, 4.69) is 0 Å². The zero-order valence-corrected chi connectivity index (χ0v) is 18.7. The van der Waals surface area contributed by atoms with Crippen molar-refractivity contribution in [2.24, 2.45) is 7.05 Å². The zero-order valence-electron chi connectivity index (χ0n) is 18.7. The number of para-hydroxylation sites is 1. The molecule has 0 aliphatic heterocycles. The first-order valence-corrected chi connectivity index (χ1v) is 10.5. The van der Waals surface area contributed by atoms with Gasteiger partial charge in [-0.15, -0.1) is 0 Å². The van der Waals surface area contributed by atoms with Crippen LogP contribution >= 0.6 is 0 Å². The summed E-state index contributed by atoms with van der Waals surface area (Å²) < 4.78 is 25.8. The first-order chi connectivity index (χ1) is 16.2. The SMILES string of the molecule is CCCn1c(N)c(C(=O)COC(=O)c2ccccc2OCc2ccc(F)cc2)c(=O)n(C)c1=O. The number of aromatic nitrogens is 2. The summed E-state index contributed by atoms with van der Waals surface area (Å²) in [7, 11) is 1.24. The number of halogens is 1. The second-order valence-corrected chi connectivity index (χ2v) is 7.47. The van der Waals surface area contributed by atoms with Crippen molar-refractivity contribution in [2.75, 3.05) is 12.3 Å². The van der Waals surface area contributed by atoms with Gasteiger partial charge in [0.25, 0.3) is 5.56 Å². The number of carbonyl (C=O) groups excluding carboxylic acids is 2. The Morgan fingerprint density at radius 1 is 1.06 bits per heavy atom. The minimum absolute atomic E-state index is 0.0641. The van der Waals surface area contributed by atoms with Crippen LogP contribution in [0.5, 0.6) is 5.75 Å². The van der Waals surface area contributed by atoms with Gasteiger partial charge in [-0.25, -0.2) is 14.0 Å². The maximum Gasteiger partial charge on any atom is 0.342 e. The van der Waals surface area contributed by atoms with Gasteiger partial charge in [0.15, 0.2) is 6.61 Å². The van der Waals surface area contributed by atoms with Crippen LogP contribution in [0.25, 0.3) is 0 Å². The highest BCUT2D eigenvalue weighted by Gasteiger charge is 2.23. The van der Waals surface area contributed by atoms with Gasteiger partial charge >= 0.3 is 11.7 Å². The summed E-state index contributed by atoms with van der Waals surface area (Å²) in [4.78, 5) is 50.1. The Hall–Kier alpha value is -4.21. The van der Waals surface area contributed by atoms with Crippen molar-refractivity contribution < 1.29 is 23.5 Å². The highest BCUT2D eigenvalue weighted by Crippen LogP contribution is 2.21. The fourth-order valence-electron chi connectivity index (χ4n) is 3.27. The Morgan fingerprint density at radius 3 is 2.41 bits per heavy atom. The number of hydrogen-bond acceptors (Lipinski definition) is 7. The molecular weight excluding hydrogens is 445 g/mol. The van der Waals surface area contributed by atoms with Crippen LogP contribution in [-0.4, -0.2) is 27.5 Å². The first-order valence-electron chi connectivity index (χ1n) is 10.5. The lowest BCUT2D eigenvalue weighted by molar-refractivity contribution is 0.0469. The van der Waals surface area contributed by atoms with Crippen molar-refractivity contribution in [3.8, 4) is 5.75 Å². The summed E-state index contributed by atoms with van der Waals surface area (Å²) in [6.45, 7) is 1.36. The highest BCUT2D eigenvalue weighted by molar-refractivity contribution is 6.02. The lowest BCUT2D eigenvalue weighted by Crippen LogP contribution is -2.43. The van der Waals surface area contributed by atoms with Gasteiger partial charge in [-0.2, -0.15) is 0 Å². The molecular formula is C24H24FN3O6.